The average molecular weight is 291 g/mol. The highest BCUT2D eigenvalue weighted by Gasteiger charge is 2.15. The Morgan fingerprint density at radius 3 is 2.95 bits per heavy atom. The van der Waals surface area contributed by atoms with Gasteiger partial charge in [-0.2, -0.15) is 0 Å². The van der Waals surface area contributed by atoms with Gasteiger partial charge in [0.15, 0.2) is 11.5 Å². The molecule has 0 amide bonds. The van der Waals surface area contributed by atoms with Crippen LogP contribution in [-0.2, 0) is 13.0 Å². The molecule has 0 bridgehead atoms. The van der Waals surface area contributed by atoms with Crippen LogP contribution in [0.2, 0.25) is 0 Å². The Labute approximate surface area is 122 Å². The predicted octanol–water partition coefficient (Wildman–Crippen LogP) is 2.86. The van der Waals surface area contributed by atoms with E-state index in [0.29, 0.717) is 6.79 Å². The summed E-state index contributed by atoms with van der Waals surface area (Å²) in [6.45, 7) is 3.24. The number of ether oxygens (including phenoxy) is 2. The van der Waals surface area contributed by atoms with Gasteiger partial charge in [0.25, 0.3) is 0 Å². The highest BCUT2D eigenvalue weighted by Crippen LogP contribution is 2.33. The SMILES string of the molecule is CCCc1nnc(N(C)Cc2ccc3c(c2)OCO3)s1. The number of benzene rings is 1. The second-order valence-electron chi connectivity index (χ2n) is 4.77. The normalized spacial score (nSPS) is 12.7. The van der Waals surface area contributed by atoms with Gasteiger partial charge in [0.2, 0.25) is 11.9 Å². The molecule has 5 nitrogen and oxygen atoms in total. The van der Waals surface area contributed by atoms with Crippen molar-refractivity contribution in [1.82, 2.24) is 10.2 Å². The average Bonchev–Trinajstić information content (AvgIpc) is 3.07. The van der Waals surface area contributed by atoms with Gasteiger partial charge < -0.3 is 14.4 Å². The Morgan fingerprint density at radius 2 is 2.10 bits per heavy atom. The van der Waals surface area contributed by atoms with E-state index < -0.39 is 0 Å². The summed E-state index contributed by atoms with van der Waals surface area (Å²) in [5, 5.41) is 10.5. The first kappa shape index (κ1) is 13.2. The molecule has 1 aliphatic rings. The third-order valence-corrected chi connectivity index (χ3v) is 4.20. The van der Waals surface area contributed by atoms with Crippen molar-refractivity contribution >= 4 is 16.5 Å². The van der Waals surface area contributed by atoms with Gasteiger partial charge in [-0.1, -0.05) is 24.3 Å². The van der Waals surface area contributed by atoms with Gasteiger partial charge in [0.1, 0.15) is 5.01 Å². The van der Waals surface area contributed by atoms with Crippen molar-refractivity contribution in [1.29, 1.82) is 0 Å². The van der Waals surface area contributed by atoms with Crippen LogP contribution in [0.15, 0.2) is 18.2 Å². The summed E-state index contributed by atoms with van der Waals surface area (Å²) in [4.78, 5) is 2.11. The maximum absolute atomic E-state index is 5.40. The topological polar surface area (TPSA) is 47.5 Å². The lowest BCUT2D eigenvalue weighted by Gasteiger charge is -2.15. The van der Waals surface area contributed by atoms with Crippen LogP contribution in [0, 0.1) is 0 Å². The number of nitrogens with zero attached hydrogens (tertiary/aromatic N) is 3. The lowest BCUT2D eigenvalue weighted by Crippen LogP contribution is -2.16. The first-order valence-electron chi connectivity index (χ1n) is 6.68. The molecule has 0 fully saturated rings. The van der Waals surface area contributed by atoms with Gasteiger partial charge in [-0.3, -0.25) is 0 Å². The van der Waals surface area contributed by atoms with Crippen LogP contribution in [0.25, 0.3) is 0 Å². The standard InChI is InChI=1S/C14H17N3O2S/c1-3-4-13-15-16-14(20-13)17(2)8-10-5-6-11-12(7-10)19-9-18-11/h5-7H,3-4,8-9H2,1-2H3. The molecule has 6 heteroatoms. The first-order valence-corrected chi connectivity index (χ1v) is 7.50. The molecule has 1 aromatic carbocycles. The second-order valence-corrected chi connectivity index (χ2v) is 5.81. The zero-order valence-electron chi connectivity index (χ0n) is 11.6. The van der Waals surface area contributed by atoms with Crippen molar-refractivity contribution in [3.05, 3.63) is 28.8 Å². The highest BCUT2D eigenvalue weighted by molar-refractivity contribution is 7.15. The summed E-state index contributed by atoms with van der Waals surface area (Å²) >= 11 is 1.66. The fourth-order valence-corrected chi connectivity index (χ4v) is 3.00. The molecule has 0 saturated carbocycles. The van der Waals surface area contributed by atoms with E-state index in [1.807, 2.05) is 19.2 Å². The number of aryl methyl sites for hydroxylation is 1. The molecule has 1 aliphatic heterocycles. The summed E-state index contributed by atoms with van der Waals surface area (Å²) in [5.41, 5.74) is 1.17. The molecular formula is C14H17N3O2S. The minimum absolute atomic E-state index is 0.311. The molecule has 2 aromatic rings. The molecule has 0 radical (unpaired) electrons. The van der Waals surface area contributed by atoms with E-state index in [9.17, 15) is 0 Å². The van der Waals surface area contributed by atoms with Crippen molar-refractivity contribution in [3.8, 4) is 11.5 Å². The molecule has 20 heavy (non-hydrogen) atoms. The van der Waals surface area contributed by atoms with Gasteiger partial charge in [-0.15, -0.1) is 10.2 Å². The molecule has 106 valence electrons. The minimum Gasteiger partial charge on any atom is -0.454 e. The van der Waals surface area contributed by atoms with E-state index in [2.05, 4.69) is 28.1 Å². The van der Waals surface area contributed by atoms with Crippen molar-refractivity contribution in [2.24, 2.45) is 0 Å². The fourth-order valence-electron chi connectivity index (χ4n) is 2.09. The smallest absolute Gasteiger partial charge is 0.231 e. The lowest BCUT2D eigenvalue weighted by molar-refractivity contribution is 0.174. The molecule has 0 unspecified atom stereocenters. The molecule has 0 aliphatic carbocycles. The van der Waals surface area contributed by atoms with Crippen molar-refractivity contribution in [2.75, 3.05) is 18.7 Å². The third kappa shape index (κ3) is 2.70. The molecule has 2 heterocycles. The number of fused-ring (bicyclic) bond motifs is 1. The van der Waals surface area contributed by atoms with Crippen LogP contribution in [-0.4, -0.2) is 24.0 Å². The van der Waals surface area contributed by atoms with Crippen LogP contribution in [0.1, 0.15) is 23.9 Å². The van der Waals surface area contributed by atoms with Crippen molar-refractivity contribution < 1.29 is 9.47 Å². The van der Waals surface area contributed by atoms with Crippen molar-refractivity contribution in [3.63, 3.8) is 0 Å². The molecular weight excluding hydrogens is 274 g/mol. The summed E-state index contributed by atoms with van der Waals surface area (Å²) in [6, 6.07) is 6.03. The molecule has 3 rings (SSSR count). The molecule has 0 atom stereocenters. The van der Waals surface area contributed by atoms with Crippen LogP contribution in [0.3, 0.4) is 0 Å². The monoisotopic (exact) mass is 291 g/mol. The maximum Gasteiger partial charge on any atom is 0.231 e. The van der Waals surface area contributed by atoms with Crippen molar-refractivity contribution in [2.45, 2.75) is 26.3 Å². The predicted molar refractivity (Wildman–Crippen MR) is 78.6 cm³/mol. The Hall–Kier alpha value is -1.82. The molecule has 0 spiro atoms. The summed E-state index contributed by atoms with van der Waals surface area (Å²) in [5.74, 6) is 1.64. The van der Waals surface area contributed by atoms with E-state index in [0.717, 1.165) is 41.0 Å². The Kier molecular flexibility index (Phi) is 3.73. The first-order chi connectivity index (χ1) is 9.76. The Balaban J connectivity index is 1.70. The van der Waals surface area contributed by atoms with Crippen LogP contribution in [0.5, 0.6) is 11.5 Å². The zero-order chi connectivity index (χ0) is 13.9. The molecule has 0 saturated heterocycles. The van der Waals surface area contributed by atoms with Gasteiger partial charge in [-0.25, -0.2) is 0 Å². The van der Waals surface area contributed by atoms with Gasteiger partial charge >= 0.3 is 0 Å². The third-order valence-electron chi connectivity index (χ3n) is 3.10. The van der Waals surface area contributed by atoms with Crippen LogP contribution >= 0.6 is 11.3 Å². The van der Waals surface area contributed by atoms with Gasteiger partial charge in [-0.05, 0) is 24.1 Å². The summed E-state index contributed by atoms with van der Waals surface area (Å²) in [7, 11) is 2.03. The largest absolute Gasteiger partial charge is 0.454 e. The Morgan fingerprint density at radius 1 is 1.25 bits per heavy atom. The fraction of sp³-hybridized carbons (Fsp3) is 0.429. The summed E-state index contributed by atoms with van der Waals surface area (Å²) in [6.07, 6.45) is 2.09. The van der Waals surface area contributed by atoms with E-state index in [1.165, 1.54) is 5.56 Å². The number of hydrogen-bond donors (Lipinski definition) is 0. The number of rotatable bonds is 5. The zero-order valence-corrected chi connectivity index (χ0v) is 12.4. The second kappa shape index (κ2) is 5.66. The number of hydrogen-bond acceptors (Lipinski definition) is 6. The quantitative estimate of drug-likeness (QED) is 0.847. The lowest BCUT2D eigenvalue weighted by atomic mass is 10.2. The van der Waals surface area contributed by atoms with Gasteiger partial charge in [0.05, 0.1) is 0 Å². The summed E-state index contributed by atoms with van der Waals surface area (Å²) < 4.78 is 10.7. The van der Waals surface area contributed by atoms with E-state index in [-0.39, 0.29) is 0 Å². The van der Waals surface area contributed by atoms with E-state index >= 15 is 0 Å². The Bertz CT molecular complexity index is 600. The number of anilines is 1. The van der Waals surface area contributed by atoms with Crippen LogP contribution < -0.4 is 14.4 Å². The molecule has 1 aromatic heterocycles. The van der Waals surface area contributed by atoms with E-state index in [1.54, 1.807) is 11.3 Å². The van der Waals surface area contributed by atoms with E-state index in [4.69, 9.17) is 9.47 Å². The maximum atomic E-state index is 5.40. The van der Waals surface area contributed by atoms with Gasteiger partial charge in [0, 0.05) is 20.0 Å². The minimum atomic E-state index is 0.311. The molecule has 0 N–H and O–H groups in total. The van der Waals surface area contributed by atoms with Crippen LogP contribution in [0.4, 0.5) is 5.13 Å². The highest BCUT2D eigenvalue weighted by atomic mass is 32.1. The number of aromatic nitrogens is 2.